The average Bonchev–Trinajstić information content (AvgIpc) is 2.93. The van der Waals surface area contributed by atoms with E-state index in [0.29, 0.717) is 12.1 Å². The molecule has 2 atom stereocenters. The Morgan fingerprint density at radius 3 is 2.10 bits per heavy atom. The highest BCUT2D eigenvalue weighted by molar-refractivity contribution is 14.1. The predicted octanol–water partition coefficient (Wildman–Crippen LogP) is 5.52. The van der Waals surface area contributed by atoms with Gasteiger partial charge in [0.15, 0.2) is 0 Å². The summed E-state index contributed by atoms with van der Waals surface area (Å²) in [5.41, 5.74) is 2.26. The van der Waals surface area contributed by atoms with Gasteiger partial charge in [-0.15, -0.1) is 0 Å². The predicted molar refractivity (Wildman–Crippen MR) is 164 cm³/mol. The maximum Gasteiger partial charge on any atom is 0.264 e. The molecular formula is C30H36IN3O4S. The maximum absolute atomic E-state index is 14.1. The smallest absolute Gasteiger partial charge is 0.264 e. The number of halogens is 1. The maximum atomic E-state index is 14.1. The van der Waals surface area contributed by atoms with E-state index in [1.165, 1.54) is 17.0 Å². The van der Waals surface area contributed by atoms with Gasteiger partial charge in [0.05, 0.1) is 10.6 Å². The number of nitrogens with zero attached hydrogens (tertiary/aromatic N) is 2. The lowest BCUT2D eigenvalue weighted by molar-refractivity contribution is -0.140. The van der Waals surface area contributed by atoms with E-state index >= 15 is 0 Å². The van der Waals surface area contributed by atoms with Crippen molar-refractivity contribution in [3.8, 4) is 0 Å². The van der Waals surface area contributed by atoms with E-state index in [1.807, 2.05) is 52.0 Å². The molecule has 39 heavy (non-hydrogen) atoms. The van der Waals surface area contributed by atoms with Gasteiger partial charge in [-0.25, -0.2) is 8.42 Å². The molecule has 0 unspecified atom stereocenters. The van der Waals surface area contributed by atoms with Crippen molar-refractivity contribution in [2.75, 3.05) is 10.8 Å². The third-order valence-corrected chi connectivity index (χ3v) is 9.22. The largest absolute Gasteiger partial charge is 0.352 e. The summed E-state index contributed by atoms with van der Waals surface area (Å²) in [4.78, 5) is 29.0. The summed E-state index contributed by atoms with van der Waals surface area (Å²) < 4.78 is 29.7. The Morgan fingerprint density at radius 2 is 1.51 bits per heavy atom. The molecule has 0 aliphatic heterocycles. The van der Waals surface area contributed by atoms with Gasteiger partial charge in [-0.1, -0.05) is 56.3 Å². The molecule has 208 valence electrons. The van der Waals surface area contributed by atoms with Gasteiger partial charge in [0.2, 0.25) is 11.8 Å². The topological polar surface area (TPSA) is 86.8 Å². The van der Waals surface area contributed by atoms with E-state index < -0.39 is 28.5 Å². The number of hydrogen-bond donors (Lipinski definition) is 1. The minimum atomic E-state index is -4.07. The van der Waals surface area contributed by atoms with Gasteiger partial charge in [-0.2, -0.15) is 0 Å². The Bertz CT molecular complexity index is 1360. The van der Waals surface area contributed by atoms with Crippen molar-refractivity contribution >= 4 is 50.1 Å². The lowest BCUT2D eigenvalue weighted by atomic mass is 10.1. The summed E-state index contributed by atoms with van der Waals surface area (Å²) in [6.07, 6.45) is 1.14. The van der Waals surface area contributed by atoms with Crippen LogP contribution in [0.25, 0.3) is 0 Å². The first-order valence-electron chi connectivity index (χ1n) is 13.1. The van der Waals surface area contributed by atoms with Gasteiger partial charge in [0.25, 0.3) is 10.0 Å². The number of carbonyl (C=O) groups excluding carboxylic acids is 2. The number of sulfonamides is 1. The molecule has 0 radical (unpaired) electrons. The van der Waals surface area contributed by atoms with Crippen molar-refractivity contribution in [1.29, 1.82) is 0 Å². The normalized spacial score (nSPS) is 12.8. The number of benzene rings is 3. The van der Waals surface area contributed by atoms with Crippen LogP contribution in [0.15, 0.2) is 83.8 Å². The molecular weight excluding hydrogens is 625 g/mol. The molecule has 0 fully saturated rings. The fourth-order valence-electron chi connectivity index (χ4n) is 4.19. The van der Waals surface area contributed by atoms with Crippen LogP contribution in [0.2, 0.25) is 0 Å². The molecule has 3 aromatic carbocycles. The third-order valence-electron chi connectivity index (χ3n) is 6.71. The van der Waals surface area contributed by atoms with Crippen molar-refractivity contribution in [2.24, 2.45) is 0 Å². The molecule has 0 bridgehead atoms. The molecule has 0 spiro atoms. The van der Waals surface area contributed by atoms with Crippen LogP contribution in [-0.2, 0) is 26.2 Å². The number of nitrogens with one attached hydrogen (secondary N) is 1. The molecule has 0 heterocycles. The number of anilines is 1. The van der Waals surface area contributed by atoms with E-state index in [2.05, 4.69) is 27.9 Å². The number of aryl methyl sites for hydroxylation is 1. The van der Waals surface area contributed by atoms with Crippen LogP contribution in [0.3, 0.4) is 0 Å². The highest BCUT2D eigenvalue weighted by Gasteiger charge is 2.34. The SMILES string of the molecule is CC[C@H](C(=O)N[C@@H](C)CC)N(Cc1ccccc1C)C(=O)CN(c1ccc(I)cc1)S(=O)(=O)c1ccccc1. The third kappa shape index (κ3) is 7.82. The van der Waals surface area contributed by atoms with E-state index in [0.717, 1.165) is 25.4 Å². The van der Waals surface area contributed by atoms with E-state index in [4.69, 9.17) is 0 Å². The molecule has 0 aliphatic carbocycles. The van der Waals surface area contributed by atoms with Crippen LogP contribution in [0.4, 0.5) is 5.69 Å². The second kappa shape index (κ2) is 13.9. The summed E-state index contributed by atoms with van der Waals surface area (Å²) in [5, 5.41) is 3.00. The Kier molecular flexibility index (Phi) is 10.9. The van der Waals surface area contributed by atoms with Crippen molar-refractivity contribution in [3.05, 3.63) is 93.6 Å². The lowest BCUT2D eigenvalue weighted by Crippen LogP contribution is -2.53. The van der Waals surface area contributed by atoms with Crippen molar-refractivity contribution in [3.63, 3.8) is 0 Å². The highest BCUT2D eigenvalue weighted by atomic mass is 127. The summed E-state index contributed by atoms with van der Waals surface area (Å²) >= 11 is 2.15. The summed E-state index contributed by atoms with van der Waals surface area (Å²) in [6.45, 7) is 7.45. The van der Waals surface area contributed by atoms with Crippen molar-refractivity contribution < 1.29 is 18.0 Å². The van der Waals surface area contributed by atoms with Crippen LogP contribution < -0.4 is 9.62 Å². The van der Waals surface area contributed by atoms with E-state index in [-0.39, 0.29) is 23.4 Å². The zero-order chi connectivity index (χ0) is 28.6. The molecule has 0 aromatic heterocycles. The molecule has 3 rings (SSSR count). The van der Waals surface area contributed by atoms with Gasteiger partial charge in [-0.3, -0.25) is 13.9 Å². The van der Waals surface area contributed by atoms with Crippen LogP contribution in [-0.4, -0.2) is 43.8 Å². The average molecular weight is 662 g/mol. The fraction of sp³-hybridized carbons (Fsp3) is 0.333. The van der Waals surface area contributed by atoms with E-state index in [9.17, 15) is 18.0 Å². The zero-order valence-corrected chi connectivity index (χ0v) is 25.8. The molecule has 1 N–H and O–H groups in total. The second-order valence-electron chi connectivity index (χ2n) is 9.49. The summed E-state index contributed by atoms with van der Waals surface area (Å²) in [6, 6.07) is 21.9. The van der Waals surface area contributed by atoms with E-state index in [1.54, 1.807) is 42.5 Å². The van der Waals surface area contributed by atoms with Gasteiger partial charge < -0.3 is 10.2 Å². The second-order valence-corrected chi connectivity index (χ2v) is 12.6. The number of carbonyl (C=O) groups is 2. The van der Waals surface area contributed by atoms with Gasteiger partial charge in [-0.05, 0) is 96.8 Å². The molecule has 0 saturated heterocycles. The summed E-state index contributed by atoms with van der Waals surface area (Å²) in [5.74, 6) is -0.706. The Balaban J connectivity index is 2.05. The Hall–Kier alpha value is -2.92. The van der Waals surface area contributed by atoms with Crippen LogP contribution >= 0.6 is 22.6 Å². The molecule has 7 nitrogen and oxygen atoms in total. The summed E-state index contributed by atoms with van der Waals surface area (Å²) in [7, 11) is -4.07. The molecule has 3 aromatic rings. The minimum absolute atomic E-state index is 0.0521. The first-order chi connectivity index (χ1) is 18.6. The minimum Gasteiger partial charge on any atom is -0.352 e. The molecule has 2 amide bonds. The Labute approximate surface area is 245 Å². The van der Waals surface area contributed by atoms with Crippen LogP contribution in [0, 0.1) is 10.5 Å². The van der Waals surface area contributed by atoms with Gasteiger partial charge in [0, 0.05) is 16.2 Å². The number of rotatable bonds is 12. The molecule has 9 heteroatoms. The van der Waals surface area contributed by atoms with Crippen LogP contribution in [0.1, 0.15) is 44.7 Å². The van der Waals surface area contributed by atoms with Gasteiger partial charge in [0.1, 0.15) is 12.6 Å². The Morgan fingerprint density at radius 1 is 0.897 bits per heavy atom. The lowest BCUT2D eigenvalue weighted by Gasteiger charge is -2.34. The first-order valence-corrected chi connectivity index (χ1v) is 15.6. The number of amides is 2. The molecule has 0 aliphatic rings. The number of hydrogen-bond acceptors (Lipinski definition) is 4. The van der Waals surface area contributed by atoms with Crippen molar-refractivity contribution in [1.82, 2.24) is 10.2 Å². The highest BCUT2D eigenvalue weighted by Crippen LogP contribution is 2.26. The monoisotopic (exact) mass is 661 g/mol. The first kappa shape index (κ1) is 30.6. The fourth-order valence-corrected chi connectivity index (χ4v) is 5.98. The van der Waals surface area contributed by atoms with Crippen LogP contribution in [0.5, 0.6) is 0 Å². The standard InChI is InChI=1S/C30H36IN3O4S/c1-5-23(4)32-30(36)28(6-2)33(20-24-13-11-10-12-22(24)3)29(35)21-34(26-18-16-25(31)17-19-26)39(37,38)27-14-8-7-9-15-27/h7-19,23,28H,5-6,20-21H2,1-4H3,(H,32,36)/t23-,28+/m0/s1. The molecule has 0 saturated carbocycles. The zero-order valence-electron chi connectivity index (χ0n) is 22.8. The quantitative estimate of drug-likeness (QED) is 0.259. The van der Waals surface area contributed by atoms with Crippen molar-refractivity contribution in [2.45, 2.75) is 64.1 Å². The van der Waals surface area contributed by atoms with Gasteiger partial charge >= 0.3 is 0 Å².